The Hall–Kier alpha value is -1.81. The van der Waals surface area contributed by atoms with E-state index in [4.69, 9.17) is 5.73 Å². The van der Waals surface area contributed by atoms with Gasteiger partial charge in [0.1, 0.15) is 0 Å². The summed E-state index contributed by atoms with van der Waals surface area (Å²) in [7, 11) is -3.38. The van der Waals surface area contributed by atoms with Crippen LogP contribution in [0.1, 0.15) is 22.3 Å². The summed E-state index contributed by atoms with van der Waals surface area (Å²) in [5.41, 5.74) is 9.98. The van der Waals surface area contributed by atoms with Gasteiger partial charge in [0.15, 0.2) is 9.84 Å². The lowest BCUT2D eigenvalue weighted by atomic mass is 10.1. The second-order valence-electron chi connectivity index (χ2n) is 5.15. The van der Waals surface area contributed by atoms with Crippen LogP contribution in [0.3, 0.4) is 0 Å². The molecule has 20 heavy (non-hydrogen) atoms. The van der Waals surface area contributed by atoms with E-state index < -0.39 is 9.84 Å². The third-order valence-electron chi connectivity index (χ3n) is 3.59. The van der Waals surface area contributed by atoms with Crippen molar-refractivity contribution in [3.63, 3.8) is 0 Å². The summed E-state index contributed by atoms with van der Waals surface area (Å²) in [4.78, 5) is 0.315. The lowest BCUT2D eigenvalue weighted by Crippen LogP contribution is -2.08. The molecule has 0 saturated heterocycles. The van der Waals surface area contributed by atoms with Crippen LogP contribution in [0.5, 0.6) is 0 Å². The van der Waals surface area contributed by atoms with E-state index in [2.05, 4.69) is 0 Å². The van der Waals surface area contributed by atoms with Crippen molar-refractivity contribution in [3.05, 3.63) is 58.7 Å². The van der Waals surface area contributed by atoms with Crippen LogP contribution >= 0.6 is 0 Å². The zero-order chi connectivity index (χ0) is 14.9. The minimum atomic E-state index is -3.38. The molecule has 106 valence electrons. The van der Waals surface area contributed by atoms with Crippen LogP contribution in [0.15, 0.2) is 41.3 Å². The summed E-state index contributed by atoms with van der Waals surface area (Å²) in [5, 5.41) is 0. The first-order valence-electron chi connectivity index (χ1n) is 6.45. The molecule has 2 rings (SSSR count). The van der Waals surface area contributed by atoms with Gasteiger partial charge in [-0.25, -0.2) is 8.42 Å². The van der Waals surface area contributed by atoms with Gasteiger partial charge < -0.3 is 5.73 Å². The zero-order valence-electron chi connectivity index (χ0n) is 12.0. The predicted molar refractivity (Wildman–Crippen MR) is 82.4 cm³/mol. The monoisotopic (exact) mass is 289 g/mol. The Labute approximate surface area is 120 Å². The Morgan fingerprint density at radius 1 is 1.00 bits per heavy atom. The third-order valence-corrected chi connectivity index (χ3v) is 5.41. The van der Waals surface area contributed by atoms with Gasteiger partial charge in [0.05, 0.1) is 10.6 Å². The number of rotatable bonds is 3. The van der Waals surface area contributed by atoms with Gasteiger partial charge in [-0.1, -0.05) is 24.3 Å². The standard InChI is InChI=1S/C16H19NO2S/c1-11-7-8-14(9-12(11)2)10-20(18,19)16-6-4-5-15(17)13(16)3/h4-9H,10,17H2,1-3H3. The minimum Gasteiger partial charge on any atom is -0.398 e. The van der Waals surface area contributed by atoms with E-state index >= 15 is 0 Å². The summed E-state index contributed by atoms with van der Waals surface area (Å²) in [6.07, 6.45) is 0. The highest BCUT2D eigenvalue weighted by Crippen LogP contribution is 2.24. The summed E-state index contributed by atoms with van der Waals surface area (Å²) < 4.78 is 25.0. The summed E-state index contributed by atoms with van der Waals surface area (Å²) >= 11 is 0. The highest BCUT2D eigenvalue weighted by Gasteiger charge is 2.18. The van der Waals surface area contributed by atoms with Crippen molar-refractivity contribution < 1.29 is 8.42 Å². The molecule has 0 aliphatic heterocycles. The smallest absolute Gasteiger partial charge is 0.182 e. The molecule has 0 aliphatic rings. The Bertz CT molecular complexity index is 749. The highest BCUT2D eigenvalue weighted by atomic mass is 32.2. The SMILES string of the molecule is Cc1ccc(CS(=O)(=O)c2cccc(N)c2C)cc1C. The normalized spacial score (nSPS) is 11.6. The van der Waals surface area contributed by atoms with Gasteiger partial charge in [-0.2, -0.15) is 0 Å². The molecule has 0 aliphatic carbocycles. The number of hydrogen-bond donors (Lipinski definition) is 1. The third kappa shape index (κ3) is 2.85. The fourth-order valence-electron chi connectivity index (χ4n) is 2.16. The molecule has 0 fully saturated rings. The van der Waals surface area contributed by atoms with Gasteiger partial charge in [-0.3, -0.25) is 0 Å². The van der Waals surface area contributed by atoms with Crippen molar-refractivity contribution in [2.75, 3.05) is 5.73 Å². The maximum Gasteiger partial charge on any atom is 0.182 e. The number of benzene rings is 2. The van der Waals surface area contributed by atoms with Gasteiger partial charge in [0.25, 0.3) is 0 Å². The molecule has 0 saturated carbocycles. The Balaban J connectivity index is 2.41. The second kappa shape index (κ2) is 5.29. The van der Waals surface area contributed by atoms with Gasteiger partial charge in [-0.15, -0.1) is 0 Å². The van der Waals surface area contributed by atoms with Crippen LogP contribution in [0.4, 0.5) is 5.69 Å². The van der Waals surface area contributed by atoms with E-state index in [0.29, 0.717) is 16.1 Å². The van der Waals surface area contributed by atoms with E-state index in [1.807, 2.05) is 32.0 Å². The molecule has 0 amide bonds. The molecule has 0 heterocycles. The molecule has 2 aromatic carbocycles. The van der Waals surface area contributed by atoms with E-state index in [1.165, 1.54) is 0 Å². The second-order valence-corrected chi connectivity index (χ2v) is 7.11. The first-order chi connectivity index (χ1) is 9.31. The number of aryl methyl sites for hydroxylation is 2. The quantitative estimate of drug-likeness (QED) is 0.883. The Morgan fingerprint density at radius 2 is 1.70 bits per heavy atom. The Morgan fingerprint density at radius 3 is 2.35 bits per heavy atom. The van der Waals surface area contributed by atoms with Crippen LogP contribution in [-0.4, -0.2) is 8.42 Å². The predicted octanol–water partition coefficient (Wildman–Crippen LogP) is 3.17. The Kier molecular flexibility index (Phi) is 3.86. The zero-order valence-corrected chi connectivity index (χ0v) is 12.8. The number of nitrogen functional groups attached to an aromatic ring is 1. The molecule has 0 aromatic heterocycles. The molecular formula is C16H19NO2S. The minimum absolute atomic E-state index is 0.00157. The van der Waals surface area contributed by atoms with Crippen LogP contribution in [0, 0.1) is 20.8 Å². The summed E-state index contributed by atoms with van der Waals surface area (Å²) in [5.74, 6) is -0.00157. The maximum atomic E-state index is 12.5. The van der Waals surface area contributed by atoms with E-state index in [9.17, 15) is 8.42 Å². The van der Waals surface area contributed by atoms with Crippen LogP contribution in [0.25, 0.3) is 0 Å². The van der Waals surface area contributed by atoms with Crippen molar-refractivity contribution in [2.45, 2.75) is 31.4 Å². The number of nitrogens with two attached hydrogens (primary N) is 1. The number of sulfone groups is 1. The highest BCUT2D eigenvalue weighted by molar-refractivity contribution is 7.90. The maximum absolute atomic E-state index is 12.5. The lowest BCUT2D eigenvalue weighted by Gasteiger charge is -2.10. The summed E-state index contributed by atoms with van der Waals surface area (Å²) in [6.45, 7) is 5.73. The molecular weight excluding hydrogens is 270 g/mol. The molecule has 0 spiro atoms. The van der Waals surface area contributed by atoms with Crippen LogP contribution in [-0.2, 0) is 15.6 Å². The molecule has 0 radical (unpaired) electrons. The van der Waals surface area contributed by atoms with Gasteiger partial charge in [0.2, 0.25) is 0 Å². The fraction of sp³-hybridized carbons (Fsp3) is 0.250. The average Bonchev–Trinajstić information content (AvgIpc) is 2.36. The van der Waals surface area contributed by atoms with Gasteiger partial charge >= 0.3 is 0 Å². The largest absolute Gasteiger partial charge is 0.398 e. The van der Waals surface area contributed by atoms with Gasteiger partial charge in [-0.05, 0) is 55.2 Å². The first-order valence-corrected chi connectivity index (χ1v) is 8.10. The van der Waals surface area contributed by atoms with E-state index in [0.717, 1.165) is 16.7 Å². The van der Waals surface area contributed by atoms with Crippen molar-refractivity contribution in [1.82, 2.24) is 0 Å². The topological polar surface area (TPSA) is 60.2 Å². The summed E-state index contributed by atoms with van der Waals surface area (Å²) in [6, 6.07) is 10.7. The molecule has 0 bridgehead atoms. The molecule has 2 aromatic rings. The number of hydrogen-bond acceptors (Lipinski definition) is 3. The molecule has 0 atom stereocenters. The van der Waals surface area contributed by atoms with Crippen molar-refractivity contribution in [2.24, 2.45) is 0 Å². The molecule has 0 unspecified atom stereocenters. The number of anilines is 1. The van der Waals surface area contributed by atoms with Crippen LogP contribution in [0.2, 0.25) is 0 Å². The lowest BCUT2D eigenvalue weighted by molar-refractivity contribution is 0.594. The van der Waals surface area contributed by atoms with E-state index in [-0.39, 0.29) is 5.75 Å². The van der Waals surface area contributed by atoms with Crippen molar-refractivity contribution >= 4 is 15.5 Å². The van der Waals surface area contributed by atoms with Crippen molar-refractivity contribution in [3.8, 4) is 0 Å². The van der Waals surface area contributed by atoms with Crippen molar-refractivity contribution in [1.29, 1.82) is 0 Å². The van der Waals surface area contributed by atoms with Gasteiger partial charge in [0, 0.05) is 5.69 Å². The molecule has 4 heteroatoms. The first kappa shape index (κ1) is 14.6. The fourth-order valence-corrected chi connectivity index (χ4v) is 3.80. The van der Waals surface area contributed by atoms with Crippen LogP contribution < -0.4 is 5.73 Å². The molecule has 3 nitrogen and oxygen atoms in total. The van der Waals surface area contributed by atoms with E-state index in [1.54, 1.807) is 25.1 Å². The molecule has 2 N–H and O–H groups in total. The average molecular weight is 289 g/mol.